The van der Waals surface area contributed by atoms with Crippen molar-refractivity contribution in [3.05, 3.63) is 46.4 Å². The van der Waals surface area contributed by atoms with Crippen LogP contribution in [0.15, 0.2) is 24.4 Å². The average molecular weight is 298 g/mol. The quantitative estimate of drug-likeness (QED) is 0.748. The predicted octanol–water partition coefficient (Wildman–Crippen LogP) is 4.00. The highest BCUT2D eigenvalue weighted by Gasteiger charge is 2.34. The van der Waals surface area contributed by atoms with Crippen LogP contribution < -0.4 is 0 Å². The number of aryl methyl sites for hydroxylation is 1. The van der Waals surface area contributed by atoms with Crippen LogP contribution in [0.2, 0.25) is 5.15 Å². The third kappa shape index (κ3) is 2.89. The van der Waals surface area contributed by atoms with E-state index in [1.807, 2.05) is 6.07 Å². The first-order chi connectivity index (χ1) is 9.31. The molecule has 20 heavy (non-hydrogen) atoms. The van der Waals surface area contributed by atoms with Crippen molar-refractivity contribution in [2.24, 2.45) is 0 Å². The molecule has 0 atom stereocenters. The molecule has 0 aliphatic rings. The van der Waals surface area contributed by atoms with E-state index in [-0.39, 0.29) is 16.3 Å². The largest absolute Gasteiger partial charge is 0.433 e. The molecule has 2 aromatic rings. The third-order valence-electron chi connectivity index (χ3n) is 2.57. The summed E-state index contributed by atoms with van der Waals surface area (Å²) in [5.74, 6) is 0. The lowest BCUT2D eigenvalue weighted by Gasteiger charge is -2.10. The fourth-order valence-electron chi connectivity index (χ4n) is 1.72. The summed E-state index contributed by atoms with van der Waals surface area (Å²) in [5, 5.41) is 8.93. The summed E-state index contributed by atoms with van der Waals surface area (Å²) in [6, 6.07) is 6.03. The number of hydrogen-bond donors (Lipinski definition) is 0. The van der Waals surface area contributed by atoms with Crippen LogP contribution in [0, 0.1) is 18.3 Å². The summed E-state index contributed by atoms with van der Waals surface area (Å²) in [4.78, 5) is 7.40. The zero-order valence-electron chi connectivity index (χ0n) is 10.2. The fraction of sp³-hybridized carbons (Fsp3) is 0.154. The van der Waals surface area contributed by atoms with Crippen molar-refractivity contribution in [1.29, 1.82) is 5.26 Å². The number of nitriles is 1. The molecular formula is C13H7ClF3N3. The third-order valence-corrected chi connectivity index (χ3v) is 2.76. The molecule has 0 spiro atoms. The number of nitrogens with zero attached hydrogens (tertiary/aromatic N) is 3. The Hall–Kier alpha value is -2.13. The van der Waals surface area contributed by atoms with Crippen molar-refractivity contribution in [2.75, 3.05) is 0 Å². The van der Waals surface area contributed by atoms with Gasteiger partial charge in [0.15, 0.2) is 0 Å². The standard InChI is InChI=1S/C13H7ClF3N3/c1-7-2-9(6-19-12(7)13(15,16)17)10-3-8(5-18)4-11(14)20-10/h2-4,6H,1H3. The summed E-state index contributed by atoms with van der Waals surface area (Å²) in [6.07, 6.45) is -3.43. The number of alkyl halides is 3. The number of aromatic nitrogens is 2. The maximum atomic E-state index is 12.6. The molecule has 0 saturated heterocycles. The van der Waals surface area contributed by atoms with Crippen LogP contribution in [-0.2, 0) is 6.18 Å². The first-order valence-electron chi connectivity index (χ1n) is 5.43. The highest BCUT2D eigenvalue weighted by molar-refractivity contribution is 6.29. The molecule has 102 valence electrons. The first kappa shape index (κ1) is 14.3. The van der Waals surface area contributed by atoms with Gasteiger partial charge in [-0.25, -0.2) is 4.98 Å². The van der Waals surface area contributed by atoms with E-state index < -0.39 is 11.9 Å². The molecule has 0 N–H and O–H groups in total. The van der Waals surface area contributed by atoms with Crippen LogP contribution in [0.25, 0.3) is 11.3 Å². The van der Waals surface area contributed by atoms with E-state index in [1.165, 1.54) is 25.1 Å². The zero-order valence-corrected chi connectivity index (χ0v) is 10.9. The topological polar surface area (TPSA) is 49.6 Å². The van der Waals surface area contributed by atoms with Gasteiger partial charge in [-0.2, -0.15) is 18.4 Å². The van der Waals surface area contributed by atoms with Crippen molar-refractivity contribution < 1.29 is 13.2 Å². The smallest absolute Gasteiger partial charge is 0.251 e. The van der Waals surface area contributed by atoms with Crippen molar-refractivity contribution in [3.8, 4) is 17.3 Å². The Balaban J connectivity index is 2.53. The highest BCUT2D eigenvalue weighted by Crippen LogP contribution is 2.32. The molecule has 2 heterocycles. The Kier molecular flexibility index (Phi) is 3.64. The molecule has 7 heteroatoms. The van der Waals surface area contributed by atoms with Crippen molar-refractivity contribution in [3.63, 3.8) is 0 Å². The van der Waals surface area contributed by atoms with Gasteiger partial charge in [-0.15, -0.1) is 0 Å². The monoisotopic (exact) mass is 297 g/mol. The van der Waals surface area contributed by atoms with E-state index in [4.69, 9.17) is 16.9 Å². The second kappa shape index (κ2) is 5.10. The van der Waals surface area contributed by atoms with Gasteiger partial charge in [-0.05, 0) is 30.7 Å². The molecule has 0 aliphatic heterocycles. The Bertz CT molecular complexity index is 705. The van der Waals surface area contributed by atoms with Gasteiger partial charge >= 0.3 is 6.18 Å². The van der Waals surface area contributed by atoms with Gasteiger partial charge < -0.3 is 0 Å². The van der Waals surface area contributed by atoms with Crippen molar-refractivity contribution in [2.45, 2.75) is 13.1 Å². The molecule has 0 unspecified atom stereocenters. The fourth-order valence-corrected chi connectivity index (χ4v) is 1.93. The van der Waals surface area contributed by atoms with E-state index in [0.29, 0.717) is 11.3 Å². The molecule has 2 aromatic heterocycles. The van der Waals surface area contributed by atoms with E-state index in [2.05, 4.69) is 9.97 Å². The molecule has 0 amide bonds. The number of halogens is 4. The summed E-state index contributed by atoms with van der Waals surface area (Å²) < 4.78 is 37.9. The van der Waals surface area contributed by atoms with Gasteiger partial charge in [0, 0.05) is 11.8 Å². The van der Waals surface area contributed by atoms with Gasteiger partial charge in [0.25, 0.3) is 0 Å². The minimum atomic E-state index is -4.50. The summed E-state index contributed by atoms with van der Waals surface area (Å²) >= 11 is 5.76. The predicted molar refractivity (Wildman–Crippen MR) is 66.9 cm³/mol. The van der Waals surface area contributed by atoms with Crippen molar-refractivity contribution in [1.82, 2.24) is 9.97 Å². The lowest BCUT2D eigenvalue weighted by Crippen LogP contribution is -2.10. The van der Waals surface area contributed by atoms with Gasteiger partial charge in [-0.1, -0.05) is 11.6 Å². The lowest BCUT2D eigenvalue weighted by atomic mass is 10.1. The van der Waals surface area contributed by atoms with Crippen LogP contribution in [0.5, 0.6) is 0 Å². The molecule has 0 bridgehead atoms. The molecule has 0 saturated carbocycles. The maximum Gasteiger partial charge on any atom is 0.433 e. The molecule has 0 aromatic carbocycles. The van der Waals surface area contributed by atoms with Gasteiger partial charge in [0.2, 0.25) is 0 Å². The molecule has 2 rings (SSSR count). The molecule has 0 fully saturated rings. The van der Waals surface area contributed by atoms with E-state index in [0.717, 1.165) is 6.20 Å². The van der Waals surface area contributed by atoms with Crippen LogP contribution in [0.1, 0.15) is 16.8 Å². The van der Waals surface area contributed by atoms with E-state index >= 15 is 0 Å². The van der Waals surface area contributed by atoms with E-state index in [9.17, 15) is 13.2 Å². The van der Waals surface area contributed by atoms with Crippen LogP contribution in [0.3, 0.4) is 0 Å². The maximum absolute atomic E-state index is 12.6. The van der Waals surface area contributed by atoms with Gasteiger partial charge in [-0.3, -0.25) is 4.98 Å². The minimum Gasteiger partial charge on any atom is -0.251 e. The number of hydrogen-bond acceptors (Lipinski definition) is 3. The normalized spacial score (nSPS) is 11.2. The summed E-state index contributed by atoms with van der Waals surface area (Å²) in [6.45, 7) is 1.31. The Morgan fingerprint density at radius 3 is 2.50 bits per heavy atom. The van der Waals surface area contributed by atoms with Crippen LogP contribution in [-0.4, -0.2) is 9.97 Å². The minimum absolute atomic E-state index is 0.0183. The Morgan fingerprint density at radius 2 is 1.95 bits per heavy atom. The highest BCUT2D eigenvalue weighted by atomic mass is 35.5. The molecular weight excluding hydrogens is 291 g/mol. The van der Waals surface area contributed by atoms with Crippen LogP contribution in [0.4, 0.5) is 13.2 Å². The summed E-state index contributed by atoms with van der Waals surface area (Å²) in [5.41, 5.74) is -0.00973. The molecule has 0 aliphatic carbocycles. The van der Waals surface area contributed by atoms with E-state index in [1.54, 1.807) is 0 Å². The molecule has 0 radical (unpaired) electrons. The SMILES string of the molecule is Cc1cc(-c2cc(C#N)cc(Cl)n2)cnc1C(F)(F)F. The number of rotatable bonds is 1. The van der Waals surface area contributed by atoms with Crippen LogP contribution >= 0.6 is 11.6 Å². The Labute approximate surface area is 117 Å². The van der Waals surface area contributed by atoms with Gasteiger partial charge in [0.1, 0.15) is 10.8 Å². The zero-order chi connectivity index (χ0) is 14.9. The summed E-state index contributed by atoms with van der Waals surface area (Å²) in [7, 11) is 0. The molecule has 3 nitrogen and oxygen atoms in total. The second-order valence-electron chi connectivity index (χ2n) is 4.06. The lowest BCUT2D eigenvalue weighted by molar-refractivity contribution is -0.141. The average Bonchev–Trinajstić information content (AvgIpc) is 2.36. The Morgan fingerprint density at radius 1 is 1.25 bits per heavy atom. The van der Waals surface area contributed by atoms with Gasteiger partial charge in [0.05, 0.1) is 17.3 Å². The van der Waals surface area contributed by atoms with Crippen molar-refractivity contribution >= 4 is 11.6 Å². The number of pyridine rings is 2. The second-order valence-corrected chi connectivity index (χ2v) is 4.45. The first-order valence-corrected chi connectivity index (χ1v) is 5.81.